The minimum atomic E-state index is -0.262. The third kappa shape index (κ3) is 5.45. The van der Waals surface area contributed by atoms with Crippen LogP contribution >= 0.6 is 0 Å². The zero-order valence-corrected chi connectivity index (χ0v) is 15.3. The van der Waals surface area contributed by atoms with E-state index in [1.165, 1.54) is 0 Å². The van der Waals surface area contributed by atoms with E-state index < -0.39 is 0 Å². The number of aromatic nitrogens is 2. The first kappa shape index (κ1) is 18.7. The molecule has 1 aromatic carbocycles. The molecule has 0 aliphatic heterocycles. The van der Waals surface area contributed by atoms with E-state index in [0.717, 1.165) is 19.4 Å². The van der Waals surface area contributed by atoms with Crippen molar-refractivity contribution in [2.45, 2.75) is 39.7 Å². The van der Waals surface area contributed by atoms with Crippen LogP contribution in [0.1, 0.15) is 44.0 Å². The van der Waals surface area contributed by atoms with Crippen LogP contribution in [0.2, 0.25) is 0 Å². The topological polar surface area (TPSA) is 67.4 Å². The van der Waals surface area contributed by atoms with Crippen molar-refractivity contribution in [2.24, 2.45) is 0 Å². The molecule has 1 N–H and O–H groups in total. The zero-order chi connectivity index (χ0) is 18.2. The number of ether oxygens (including phenoxy) is 1. The van der Waals surface area contributed by atoms with Gasteiger partial charge in [-0.3, -0.25) is 4.79 Å². The number of amides is 1. The summed E-state index contributed by atoms with van der Waals surface area (Å²) in [5.74, 6) is 0.999. The van der Waals surface area contributed by atoms with Gasteiger partial charge in [-0.05, 0) is 32.4 Å². The summed E-state index contributed by atoms with van der Waals surface area (Å²) in [5.41, 5.74) is 1.04. The van der Waals surface area contributed by atoms with E-state index in [1.807, 2.05) is 50.1 Å². The zero-order valence-electron chi connectivity index (χ0n) is 15.3. The van der Waals surface area contributed by atoms with E-state index in [4.69, 9.17) is 4.74 Å². The quantitative estimate of drug-likeness (QED) is 0.791. The Bertz CT molecular complexity index is 686. The fraction of sp³-hybridized carbons (Fsp3) is 0.421. The Morgan fingerprint density at radius 3 is 2.56 bits per heavy atom. The number of hydrogen-bond donors (Lipinski definition) is 1. The average Bonchev–Trinajstić information content (AvgIpc) is 2.61. The van der Waals surface area contributed by atoms with Crippen LogP contribution in [-0.2, 0) is 0 Å². The summed E-state index contributed by atoms with van der Waals surface area (Å²) < 4.78 is 5.72. The van der Waals surface area contributed by atoms with Crippen molar-refractivity contribution < 1.29 is 9.53 Å². The van der Waals surface area contributed by atoms with Crippen LogP contribution in [0, 0.1) is 0 Å². The molecule has 0 spiro atoms. The lowest BCUT2D eigenvalue weighted by Gasteiger charge is -2.16. The van der Waals surface area contributed by atoms with Gasteiger partial charge in [-0.25, -0.2) is 9.97 Å². The number of rotatable bonds is 8. The maximum Gasteiger partial charge on any atom is 0.258 e. The van der Waals surface area contributed by atoms with Crippen molar-refractivity contribution in [2.75, 3.05) is 23.8 Å². The Kier molecular flexibility index (Phi) is 6.74. The van der Waals surface area contributed by atoms with Crippen LogP contribution in [0.3, 0.4) is 0 Å². The minimum absolute atomic E-state index is 0.0272. The first-order valence-electron chi connectivity index (χ1n) is 8.61. The van der Waals surface area contributed by atoms with Crippen LogP contribution in [-0.4, -0.2) is 35.6 Å². The predicted octanol–water partition coefficient (Wildman–Crippen LogP) is 3.75. The van der Waals surface area contributed by atoms with Crippen molar-refractivity contribution in [3.05, 3.63) is 42.2 Å². The van der Waals surface area contributed by atoms with E-state index in [0.29, 0.717) is 22.9 Å². The van der Waals surface area contributed by atoms with E-state index >= 15 is 0 Å². The average molecular weight is 342 g/mol. The van der Waals surface area contributed by atoms with E-state index in [2.05, 4.69) is 22.2 Å². The Labute approximate surface area is 149 Å². The molecule has 2 aromatic rings. The number of carbonyl (C=O) groups is 1. The fourth-order valence-electron chi connectivity index (χ4n) is 2.25. The van der Waals surface area contributed by atoms with Crippen LogP contribution in [0.25, 0.3) is 0 Å². The third-order valence-corrected chi connectivity index (χ3v) is 3.59. The number of nitrogens with one attached hydrogen (secondary N) is 1. The van der Waals surface area contributed by atoms with Gasteiger partial charge in [-0.1, -0.05) is 25.5 Å². The number of nitrogens with zero attached hydrogens (tertiary/aromatic N) is 3. The van der Waals surface area contributed by atoms with Gasteiger partial charge in [0.05, 0.1) is 17.4 Å². The molecule has 0 atom stereocenters. The Balaban J connectivity index is 2.06. The van der Waals surface area contributed by atoms with Gasteiger partial charge in [0.2, 0.25) is 5.95 Å². The SMILES string of the molecule is CCCCN(C)c1ncc(C(=O)Nc2ccccc2OC(C)C)cn1. The summed E-state index contributed by atoms with van der Waals surface area (Å²) in [6.45, 7) is 6.92. The molecule has 134 valence electrons. The highest BCUT2D eigenvalue weighted by Crippen LogP contribution is 2.25. The van der Waals surface area contributed by atoms with Gasteiger partial charge in [0.25, 0.3) is 5.91 Å². The monoisotopic (exact) mass is 342 g/mol. The maximum atomic E-state index is 12.4. The second kappa shape index (κ2) is 9.01. The third-order valence-electron chi connectivity index (χ3n) is 3.59. The Hall–Kier alpha value is -2.63. The highest BCUT2D eigenvalue weighted by molar-refractivity contribution is 6.04. The Morgan fingerprint density at radius 2 is 1.92 bits per heavy atom. The number of benzene rings is 1. The summed E-state index contributed by atoms with van der Waals surface area (Å²) >= 11 is 0. The van der Waals surface area contributed by atoms with Gasteiger partial charge in [-0.2, -0.15) is 0 Å². The Morgan fingerprint density at radius 1 is 1.24 bits per heavy atom. The fourth-order valence-corrected chi connectivity index (χ4v) is 2.25. The van der Waals surface area contributed by atoms with E-state index in [9.17, 15) is 4.79 Å². The summed E-state index contributed by atoms with van der Waals surface area (Å²) in [5, 5.41) is 2.86. The number of carbonyl (C=O) groups excluding carboxylic acids is 1. The second-order valence-electron chi connectivity index (χ2n) is 6.16. The van der Waals surface area contributed by atoms with Crippen molar-refractivity contribution in [3.63, 3.8) is 0 Å². The molecule has 0 aliphatic rings. The van der Waals surface area contributed by atoms with Gasteiger partial charge < -0.3 is 15.0 Å². The first-order chi connectivity index (χ1) is 12.0. The first-order valence-corrected chi connectivity index (χ1v) is 8.61. The molecule has 0 unspecified atom stereocenters. The van der Waals surface area contributed by atoms with E-state index in [-0.39, 0.29) is 12.0 Å². The van der Waals surface area contributed by atoms with Gasteiger partial charge in [-0.15, -0.1) is 0 Å². The van der Waals surface area contributed by atoms with Crippen LogP contribution in [0.5, 0.6) is 5.75 Å². The molecule has 6 heteroatoms. The summed E-state index contributed by atoms with van der Waals surface area (Å²) in [6.07, 6.45) is 5.31. The number of para-hydroxylation sites is 2. The second-order valence-corrected chi connectivity index (χ2v) is 6.16. The largest absolute Gasteiger partial charge is 0.489 e. The van der Waals surface area contributed by atoms with Crippen molar-refractivity contribution >= 4 is 17.5 Å². The van der Waals surface area contributed by atoms with Gasteiger partial charge in [0.15, 0.2) is 0 Å². The molecule has 0 aliphatic carbocycles. The molecule has 25 heavy (non-hydrogen) atoms. The van der Waals surface area contributed by atoms with Crippen molar-refractivity contribution in [1.82, 2.24) is 9.97 Å². The molecule has 0 saturated heterocycles. The molecular formula is C19H26N4O2. The minimum Gasteiger partial charge on any atom is -0.489 e. The van der Waals surface area contributed by atoms with Gasteiger partial charge in [0, 0.05) is 26.0 Å². The van der Waals surface area contributed by atoms with Crippen LogP contribution in [0.4, 0.5) is 11.6 Å². The number of hydrogen-bond acceptors (Lipinski definition) is 5. The number of anilines is 2. The molecule has 0 radical (unpaired) electrons. The number of unbranched alkanes of at least 4 members (excludes halogenated alkanes) is 1. The predicted molar refractivity (Wildman–Crippen MR) is 100 cm³/mol. The summed E-state index contributed by atoms with van der Waals surface area (Å²) in [6, 6.07) is 7.36. The van der Waals surface area contributed by atoms with Crippen LogP contribution < -0.4 is 15.0 Å². The van der Waals surface area contributed by atoms with E-state index in [1.54, 1.807) is 12.4 Å². The molecule has 2 rings (SSSR count). The normalized spacial score (nSPS) is 10.6. The molecule has 1 heterocycles. The highest BCUT2D eigenvalue weighted by Gasteiger charge is 2.12. The highest BCUT2D eigenvalue weighted by atomic mass is 16.5. The molecule has 0 bridgehead atoms. The molecule has 1 amide bonds. The van der Waals surface area contributed by atoms with Crippen molar-refractivity contribution in [3.8, 4) is 5.75 Å². The van der Waals surface area contributed by atoms with Gasteiger partial charge >= 0.3 is 0 Å². The van der Waals surface area contributed by atoms with Crippen LogP contribution in [0.15, 0.2) is 36.7 Å². The smallest absolute Gasteiger partial charge is 0.258 e. The van der Waals surface area contributed by atoms with Crippen molar-refractivity contribution in [1.29, 1.82) is 0 Å². The molecule has 0 fully saturated rings. The lowest BCUT2D eigenvalue weighted by molar-refractivity contribution is 0.102. The lowest BCUT2D eigenvalue weighted by atomic mass is 10.2. The molecule has 0 saturated carbocycles. The lowest BCUT2D eigenvalue weighted by Crippen LogP contribution is -2.21. The maximum absolute atomic E-state index is 12.4. The summed E-state index contributed by atoms with van der Waals surface area (Å²) in [7, 11) is 1.95. The summed E-state index contributed by atoms with van der Waals surface area (Å²) in [4.78, 5) is 23.0. The standard InChI is InChI=1S/C19H26N4O2/c1-5-6-11-23(4)19-20-12-15(13-21-19)18(24)22-16-9-7-8-10-17(16)25-14(2)3/h7-10,12-14H,5-6,11H2,1-4H3,(H,22,24). The molecule has 1 aromatic heterocycles. The molecular weight excluding hydrogens is 316 g/mol. The molecule has 6 nitrogen and oxygen atoms in total. The van der Waals surface area contributed by atoms with Gasteiger partial charge in [0.1, 0.15) is 5.75 Å².